The third-order valence-electron chi connectivity index (χ3n) is 8.64. The van der Waals surface area contributed by atoms with Crippen LogP contribution in [0.4, 0.5) is 0 Å². The first-order valence-corrected chi connectivity index (χ1v) is 14.9. The van der Waals surface area contributed by atoms with Gasteiger partial charge in [-0.05, 0) is 55.5 Å². The normalized spacial score (nSPS) is 19.9. The van der Waals surface area contributed by atoms with E-state index < -0.39 is 35.9 Å². The molecule has 4 aromatic rings. The van der Waals surface area contributed by atoms with Gasteiger partial charge in [-0.15, -0.1) is 0 Å². The summed E-state index contributed by atoms with van der Waals surface area (Å²) in [5, 5.41) is 20.7. The lowest BCUT2D eigenvalue weighted by Gasteiger charge is -2.29. The first-order chi connectivity index (χ1) is 20.9. The highest BCUT2D eigenvalue weighted by molar-refractivity contribution is 5.96. The second-order valence-corrected chi connectivity index (χ2v) is 11.4. The number of aromatic nitrogens is 2. The van der Waals surface area contributed by atoms with Gasteiger partial charge in [0.1, 0.15) is 18.1 Å². The van der Waals surface area contributed by atoms with Crippen LogP contribution >= 0.6 is 0 Å². The van der Waals surface area contributed by atoms with Gasteiger partial charge in [-0.2, -0.15) is 0 Å². The molecule has 6 rings (SSSR count). The zero-order valence-electron chi connectivity index (χ0n) is 23.8. The summed E-state index contributed by atoms with van der Waals surface area (Å²) >= 11 is 0. The van der Waals surface area contributed by atoms with Crippen molar-refractivity contribution in [2.75, 3.05) is 13.1 Å². The Bertz CT molecular complexity index is 1650. The van der Waals surface area contributed by atoms with E-state index in [2.05, 4.69) is 25.9 Å². The number of para-hydroxylation sites is 2. The van der Waals surface area contributed by atoms with Crippen LogP contribution in [0.2, 0.25) is 0 Å². The van der Waals surface area contributed by atoms with Gasteiger partial charge in [-0.1, -0.05) is 36.4 Å². The summed E-state index contributed by atoms with van der Waals surface area (Å²) in [5.41, 5.74) is 3.50. The molecule has 4 heterocycles. The van der Waals surface area contributed by atoms with Crippen LogP contribution in [-0.2, 0) is 32.0 Å². The number of carbonyl (C=O) groups is 4. The highest BCUT2D eigenvalue weighted by Gasteiger charge is 2.39. The predicted octanol–water partition coefficient (Wildman–Crippen LogP) is 2.23. The van der Waals surface area contributed by atoms with Crippen LogP contribution in [0.1, 0.15) is 36.8 Å². The Balaban J connectivity index is 1.29. The minimum absolute atomic E-state index is 0.162. The third kappa shape index (κ3) is 5.98. The molecule has 43 heavy (non-hydrogen) atoms. The number of nitrogens with zero attached hydrogens (tertiary/aromatic N) is 1. The molecule has 2 aromatic heterocycles. The van der Waals surface area contributed by atoms with Gasteiger partial charge in [0, 0.05) is 53.6 Å². The number of rotatable bonds is 10. The van der Waals surface area contributed by atoms with E-state index in [1.807, 2.05) is 60.9 Å². The number of carbonyl (C=O) groups excluding carboxylic acids is 3. The molecule has 11 nitrogen and oxygen atoms in total. The van der Waals surface area contributed by atoms with E-state index in [0.29, 0.717) is 25.8 Å². The second kappa shape index (κ2) is 12.3. The summed E-state index contributed by atoms with van der Waals surface area (Å²) in [6.45, 7) is 1.04. The molecule has 6 N–H and O–H groups in total. The highest BCUT2D eigenvalue weighted by atomic mass is 16.4. The first kappa shape index (κ1) is 28.5. The Morgan fingerprint density at radius 2 is 1.47 bits per heavy atom. The lowest BCUT2D eigenvalue weighted by molar-refractivity contribution is -0.149. The number of amides is 3. The van der Waals surface area contributed by atoms with Gasteiger partial charge in [-0.3, -0.25) is 14.4 Å². The predicted molar refractivity (Wildman–Crippen MR) is 161 cm³/mol. The molecule has 3 amide bonds. The van der Waals surface area contributed by atoms with E-state index in [9.17, 15) is 24.3 Å². The fourth-order valence-electron chi connectivity index (χ4n) is 6.39. The van der Waals surface area contributed by atoms with Crippen LogP contribution in [-0.4, -0.2) is 80.9 Å². The van der Waals surface area contributed by atoms with Crippen molar-refractivity contribution < 1.29 is 24.3 Å². The van der Waals surface area contributed by atoms with Gasteiger partial charge in [-0.25, -0.2) is 4.79 Å². The molecule has 2 aromatic carbocycles. The maximum absolute atomic E-state index is 14.0. The van der Waals surface area contributed by atoms with Gasteiger partial charge in [0.2, 0.25) is 17.7 Å². The number of carboxylic acid groups (broad SMARTS) is 1. The molecule has 0 unspecified atom stereocenters. The van der Waals surface area contributed by atoms with E-state index in [-0.39, 0.29) is 24.8 Å². The van der Waals surface area contributed by atoms with Crippen LogP contribution in [0.3, 0.4) is 0 Å². The van der Waals surface area contributed by atoms with Crippen molar-refractivity contribution in [2.45, 2.75) is 62.7 Å². The molecule has 2 aliphatic rings. The summed E-state index contributed by atoms with van der Waals surface area (Å²) in [5.74, 6) is -2.27. The minimum atomic E-state index is -1.06. The molecule has 0 bridgehead atoms. The Kier molecular flexibility index (Phi) is 8.15. The van der Waals surface area contributed by atoms with E-state index in [0.717, 1.165) is 45.9 Å². The average Bonchev–Trinajstić information content (AvgIpc) is 3.83. The lowest BCUT2D eigenvalue weighted by Crippen LogP contribution is -2.58. The number of hydrogen-bond acceptors (Lipinski definition) is 5. The van der Waals surface area contributed by atoms with Crippen LogP contribution < -0.4 is 16.0 Å². The van der Waals surface area contributed by atoms with Gasteiger partial charge in [0.05, 0.1) is 6.04 Å². The quantitative estimate of drug-likeness (QED) is 0.168. The zero-order valence-corrected chi connectivity index (χ0v) is 23.8. The number of benzene rings is 2. The maximum atomic E-state index is 14.0. The molecule has 2 fully saturated rings. The second-order valence-electron chi connectivity index (χ2n) is 11.4. The number of nitrogens with one attached hydrogen (secondary N) is 5. The fourth-order valence-corrected chi connectivity index (χ4v) is 6.39. The molecule has 224 valence electrons. The van der Waals surface area contributed by atoms with Gasteiger partial charge in [0.25, 0.3) is 0 Å². The molecular formula is C32H36N6O5. The Hall–Kier alpha value is -4.64. The van der Waals surface area contributed by atoms with Crippen molar-refractivity contribution in [1.29, 1.82) is 0 Å². The molecule has 0 spiro atoms. The smallest absolute Gasteiger partial charge is 0.326 e. The van der Waals surface area contributed by atoms with Crippen molar-refractivity contribution in [3.63, 3.8) is 0 Å². The van der Waals surface area contributed by atoms with E-state index in [4.69, 9.17) is 0 Å². The van der Waals surface area contributed by atoms with Crippen molar-refractivity contribution >= 4 is 45.5 Å². The molecule has 2 aliphatic heterocycles. The fraction of sp³-hybridized carbons (Fsp3) is 0.375. The molecule has 0 saturated carbocycles. The summed E-state index contributed by atoms with van der Waals surface area (Å²) < 4.78 is 0. The zero-order chi connectivity index (χ0) is 29.9. The lowest BCUT2D eigenvalue weighted by atomic mass is 10.0. The van der Waals surface area contributed by atoms with Gasteiger partial charge in [0.15, 0.2) is 0 Å². The molecular weight excluding hydrogens is 548 g/mol. The number of carboxylic acids is 1. The van der Waals surface area contributed by atoms with Crippen molar-refractivity contribution in [3.8, 4) is 0 Å². The summed E-state index contributed by atoms with van der Waals surface area (Å²) in [7, 11) is 0. The highest BCUT2D eigenvalue weighted by Crippen LogP contribution is 2.24. The van der Waals surface area contributed by atoms with Crippen molar-refractivity contribution in [1.82, 2.24) is 30.8 Å². The molecule has 11 heteroatoms. The Morgan fingerprint density at radius 3 is 2.07 bits per heavy atom. The third-order valence-corrected chi connectivity index (χ3v) is 8.64. The molecule has 0 aliphatic carbocycles. The van der Waals surface area contributed by atoms with E-state index >= 15 is 0 Å². The Morgan fingerprint density at radius 1 is 0.837 bits per heavy atom. The number of aliphatic carboxylic acids is 1. The standard InChI is InChI=1S/C32H36N6O5/c39-29(25-11-5-13-33-25)36-26(15-19-17-34-23-9-3-1-7-21(19)23)30(40)37-27(31(41)38-14-6-12-28(38)32(42)43)16-20-18-35-24-10-4-2-8-22(20)24/h1-4,7-10,17-18,25-28,33-35H,5-6,11-16H2,(H,36,39)(H,37,40)(H,42,43)/t25-,26-,27-,28-/m0/s1. The van der Waals surface area contributed by atoms with Crippen LogP contribution in [0.25, 0.3) is 21.8 Å². The molecule has 2 saturated heterocycles. The minimum Gasteiger partial charge on any atom is -0.480 e. The van der Waals surface area contributed by atoms with E-state index in [1.165, 1.54) is 4.90 Å². The monoisotopic (exact) mass is 584 g/mol. The molecule has 0 radical (unpaired) electrons. The van der Waals surface area contributed by atoms with Crippen molar-refractivity contribution in [3.05, 3.63) is 72.1 Å². The largest absolute Gasteiger partial charge is 0.480 e. The average molecular weight is 585 g/mol. The number of hydrogen-bond donors (Lipinski definition) is 6. The number of aromatic amines is 2. The Labute approximate surface area is 248 Å². The SMILES string of the molecule is O=C(N[C@@H](Cc1c[nH]c2ccccc12)C(=O)N[C@@H](Cc1c[nH]c2ccccc12)C(=O)N1CCC[C@H]1C(=O)O)[C@@H]1CCCN1. The van der Waals surface area contributed by atoms with Crippen molar-refractivity contribution in [2.24, 2.45) is 0 Å². The first-order valence-electron chi connectivity index (χ1n) is 14.9. The van der Waals surface area contributed by atoms with Crippen LogP contribution in [0.5, 0.6) is 0 Å². The number of likely N-dealkylation sites (tertiary alicyclic amines) is 1. The summed E-state index contributed by atoms with van der Waals surface area (Å²) in [4.78, 5) is 60.9. The molecule has 4 atom stereocenters. The maximum Gasteiger partial charge on any atom is 0.326 e. The van der Waals surface area contributed by atoms with Gasteiger partial charge < -0.3 is 35.9 Å². The van der Waals surface area contributed by atoms with Crippen LogP contribution in [0, 0.1) is 0 Å². The van der Waals surface area contributed by atoms with Gasteiger partial charge >= 0.3 is 5.97 Å². The topological polar surface area (TPSA) is 159 Å². The number of H-pyrrole nitrogens is 2. The summed E-state index contributed by atoms with van der Waals surface area (Å²) in [6.07, 6.45) is 6.51. The van der Waals surface area contributed by atoms with Crippen LogP contribution in [0.15, 0.2) is 60.9 Å². The number of fused-ring (bicyclic) bond motifs is 2. The summed E-state index contributed by atoms with van der Waals surface area (Å²) in [6, 6.07) is 12.1. The van der Waals surface area contributed by atoms with E-state index in [1.54, 1.807) is 0 Å².